The SMILES string of the molecule is CCOP(=O)(CNC(=O)N(CC)CC)OCC. The quantitative estimate of drug-likeness (QED) is 0.684. The van der Waals surface area contributed by atoms with Crippen LogP contribution in [0, 0.1) is 0 Å². The lowest BCUT2D eigenvalue weighted by molar-refractivity contribution is 0.197. The maximum absolute atomic E-state index is 12.0. The molecule has 0 unspecified atom stereocenters. The Bertz CT molecular complexity index is 259. The molecule has 1 N–H and O–H groups in total. The Labute approximate surface area is 103 Å². The number of carbonyl (C=O) groups excluding carboxylic acids is 1. The van der Waals surface area contributed by atoms with Gasteiger partial charge < -0.3 is 19.3 Å². The standard InChI is InChI=1S/C10H23N2O4P/c1-5-12(6-2)10(13)11-9-17(14,15-7-3)16-8-4/h5-9H2,1-4H3,(H,11,13). The lowest BCUT2D eigenvalue weighted by atomic mass is 10.5. The number of nitrogens with one attached hydrogen (secondary N) is 1. The van der Waals surface area contributed by atoms with Gasteiger partial charge in [-0.2, -0.15) is 0 Å². The smallest absolute Gasteiger partial charge is 0.326 e. The Morgan fingerprint density at radius 1 is 1.12 bits per heavy atom. The topological polar surface area (TPSA) is 67.9 Å². The van der Waals surface area contributed by atoms with Crippen LogP contribution in [0.2, 0.25) is 0 Å². The van der Waals surface area contributed by atoms with Gasteiger partial charge in [0.25, 0.3) is 0 Å². The van der Waals surface area contributed by atoms with Gasteiger partial charge in [0.05, 0.1) is 13.2 Å². The van der Waals surface area contributed by atoms with Crippen LogP contribution in [0.25, 0.3) is 0 Å². The van der Waals surface area contributed by atoms with E-state index in [0.29, 0.717) is 26.3 Å². The van der Waals surface area contributed by atoms with Gasteiger partial charge in [-0.15, -0.1) is 0 Å². The van der Waals surface area contributed by atoms with Crippen molar-refractivity contribution >= 4 is 13.6 Å². The van der Waals surface area contributed by atoms with E-state index in [-0.39, 0.29) is 12.3 Å². The summed E-state index contributed by atoms with van der Waals surface area (Å²) in [5.74, 6) is 0. The van der Waals surface area contributed by atoms with Crippen molar-refractivity contribution in [2.45, 2.75) is 27.7 Å². The molecule has 0 aromatic carbocycles. The molecular formula is C10H23N2O4P. The van der Waals surface area contributed by atoms with E-state index in [4.69, 9.17) is 9.05 Å². The highest BCUT2D eigenvalue weighted by Gasteiger charge is 2.25. The molecule has 0 fully saturated rings. The Hall–Kier alpha value is -0.580. The first-order chi connectivity index (χ1) is 8.02. The third-order valence-electron chi connectivity index (χ3n) is 2.13. The average Bonchev–Trinajstić information content (AvgIpc) is 2.29. The molecule has 2 amide bonds. The lowest BCUT2D eigenvalue weighted by Crippen LogP contribution is -2.40. The van der Waals surface area contributed by atoms with Gasteiger partial charge in [0.2, 0.25) is 0 Å². The van der Waals surface area contributed by atoms with Crippen molar-refractivity contribution in [1.82, 2.24) is 10.2 Å². The van der Waals surface area contributed by atoms with Crippen LogP contribution < -0.4 is 5.32 Å². The molecule has 0 aromatic heterocycles. The first kappa shape index (κ1) is 16.4. The predicted molar refractivity (Wildman–Crippen MR) is 67.2 cm³/mol. The zero-order chi connectivity index (χ0) is 13.3. The summed E-state index contributed by atoms with van der Waals surface area (Å²) in [4.78, 5) is 13.2. The molecule has 17 heavy (non-hydrogen) atoms. The van der Waals surface area contributed by atoms with E-state index >= 15 is 0 Å². The van der Waals surface area contributed by atoms with Crippen LogP contribution in [0.3, 0.4) is 0 Å². The Balaban J connectivity index is 4.30. The fraction of sp³-hybridized carbons (Fsp3) is 0.900. The number of rotatable bonds is 8. The highest BCUT2D eigenvalue weighted by Crippen LogP contribution is 2.46. The minimum absolute atomic E-state index is 0.0932. The van der Waals surface area contributed by atoms with Crippen LogP contribution in [-0.4, -0.2) is 43.5 Å². The molecule has 0 aliphatic carbocycles. The highest BCUT2D eigenvalue weighted by molar-refractivity contribution is 7.53. The molecule has 0 bridgehead atoms. The van der Waals surface area contributed by atoms with Crippen LogP contribution in [0.1, 0.15) is 27.7 Å². The van der Waals surface area contributed by atoms with E-state index in [1.54, 1.807) is 18.7 Å². The lowest BCUT2D eigenvalue weighted by Gasteiger charge is -2.22. The fourth-order valence-corrected chi connectivity index (χ4v) is 2.68. The molecule has 0 aliphatic rings. The molecule has 0 radical (unpaired) electrons. The molecule has 0 saturated heterocycles. The van der Waals surface area contributed by atoms with Crippen LogP contribution in [0.4, 0.5) is 4.79 Å². The van der Waals surface area contributed by atoms with Crippen molar-refractivity contribution in [3.8, 4) is 0 Å². The number of hydrogen-bond acceptors (Lipinski definition) is 4. The van der Waals surface area contributed by atoms with Crippen molar-refractivity contribution in [2.75, 3.05) is 32.6 Å². The summed E-state index contributed by atoms with van der Waals surface area (Å²) in [6.07, 6.45) is -0.0932. The first-order valence-electron chi connectivity index (χ1n) is 5.93. The molecule has 0 rings (SSSR count). The highest BCUT2D eigenvalue weighted by atomic mass is 31.2. The zero-order valence-corrected chi connectivity index (χ0v) is 12.0. The molecule has 0 aliphatic heterocycles. The van der Waals surface area contributed by atoms with E-state index in [1.807, 2.05) is 13.8 Å². The normalized spacial score (nSPS) is 11.3. The fourth-order valence-electron chi connectivity index (χ4n) is 1.31. The summed E-state index contributed by atoms with van der Waals surface area (Å²) in [6.45, 7) is 9.03. The molecule has 102 valence electrons. The first-order valence-corrected chi connectivity index (χ1v) is 7.66. The van der Waals surface area contributed by atoms with Crippen molar-refractivity contribution in [3.63, 3.8) is 0 Å². The van der Waals surface area contributed by atoms with E-state index in [0.717, 1.165) is 0 Å². The van der Waals surface area contributed by atoms with Crippen molar-refractivity contribution in [1.29, 1.82) is 0 Å². The molecular weight excluding hydrogens is 243 g/mol. The second-order valence-corrected chi connectivity index (χ2v) is 5.31. The van der Waals surface area contributed by atoms with E-state index in [2.05, 4.69) is 5.32 Å². The second kappa shape index (κ2) is 8.50. The summed E-state index contributed by atoms with van der Waals surface area (Å²) in [5, 5.41) is 2.57. The third-order valence-corrected chi connectivity index (χ3v) is 3.97. The molecule has 0 aromatic rings. The van der Waals surface area contributed by atoms with Gasteiger partial charge in [0, 0.05) is 13.1 Å². The van der Waals surface area contributed by atoms with Gasteiger partial charge in [-0.3, -0.25) is 4.57 Å². The van der Waals surface area contributed by atoms with E-state index in [1.165, 1.54) is 0 Å². The van der Waals surface area contributed by atoms with Gasteiger partial charge in [0.1, 0.15) is 6.29 Å². The van der Waals surface area contributed by atoms with E-state index < -0.39 is 7.60 Å². The van der Waals surface area contributed by atoms with Crippen LogP contribution in [0.15, 0.2) is 0 Å². The van der Waals surface area contributed by atoms with Crippen molar-refractivity contribution in [2.24, 2.45) is 0 Å². The minimum Gasteiger partial charge on any atom is -0.326 e. The average molecular weight is 266 g/mol. The summed E-state index contributed by atoms with van der Waals surface area (Å²) < 4.78 is 22.2. The van der Waals surface area contributed by atoms with Crippen LogP contribution >= 0.6 is 7.60 Å². The van der Waals surface area contributed by atoms with Crippen LogP contribution in [-0.2, 0) is 13.6 Å². The Morgan fingerprint density at radius 2 is 1.59 bits per heavy atom. The summed E-state index contributed by atoms with van der Waals surface area (Å²) in [5.41, 5.74) is 0. The number of urea groups is 1. The van der Waals surface area contributed by atoms with Gasteiger partial charge in [-0.05, 0) is 27.7 Å². The van der Waals surface area contributed by atoms with Crippen LogP contribution in [0.5, 0.6) is 0 Å². The Morgan fingerprint density at radius 3 is 1.94 bits per heavy atom. The molecule has 0 atom stereocenters. The predicted octanol–water partition coefficient (Wildman–Crippen LogP) is 2.26. The van der Waals surface area contributed by atoms with Gasteiger partial charge in [-0.1, -0.05) is 0 Å². The maximum Gasteiger partial charge on any atom is 0.349 e. The minimum atomic E-state index is -3.19. The van der Waals surface area contributed by atoms with Crippen molar-refractivity contribution in [3.05, 3.63) is 0 Å². The zero-order valence-electron chi connectivity index (χ0n) is 11.1. The monoisotopic (exact) mass is 266 g/mol. The molecule has 0 saturated carbocycles. The Kier molecular flexibility index (Phi) is 8.21. The summed E-state index contributed by atoms with van der Waals surface area (Å²) in [6, 6.07) is -0.255. The van der Waals surface area contributed by atoms with Gasteiger partial charge in [-0.25, -0.2) is 4.79 Å². The van der Waals surface area contributed by atoms with Gasteiger partial charge >= 0.3 is 13.6 Å². The summed E-state index contributed by atoms with van der Waals surface area (Å²) in [7, 11) is -3.19. The number of nitrogens with zero attached hydrogens (tertiary/aromatic N) is 1. The number of carbonyl (C=O) groups is 1. The molecule has 0 heterocycles. The molecule has 7 heteroatoms. The molecule has 6 nitrogen and oxygen atoms in total. The van der Waals surface area contributed by atoms with E-state index in [9.17, 15) is 9.36 Å². The largest absolute Gasteiger partial charge is 0.349 e. The maximum atomic E-state index is 12.0. The second-order valence-electron chi connectivity index (χ2n) is 3.26. The van der Waals surface area contributed by atoms with Gasteiger partial charge in [0.15, 0.2) is 0 Å². The molecule has 0 spiro atoms. The summed E-state index contributed by atoms with van der Waals surface area (Å²) >= 11 is 0. The third kappa shape index (κ3) is 6.05. The van der Waals surface area contributed by atoms with Crippen molar-refractivity contribution < 1.29 is 18.4 Å². The number of amides is 2. The number of hydrogen-bond donors (Lipinski definition) is 1.